The van der Waals surface area contributed by atoms with Crippen molar-refractivity contribution >= 4 is 11.0 Å². The van der Waals surface area contributed by atoms with Crippen LogP contribution in [0.25, 0.3) is 22.1 Å². The van der Waals surface area contributed by atoms with E-state index in [0.717, 1.165) is 16.7 Å². The van der Waals surface area contributed by atoms with Crippen molar-refractivity contribution in [3.05, 3.63) is 106 Å². The highest BCUT2D eigenvalue weighted by molar-refractivity contribution is 5.85. The third kappa shape index (κ3) is 3.49. The van der Waals surface area contributed by atoms with Gasteiger partial charge in [0.1, 0.15) is 17.4 Å². The van der Waals surface area contributed by atoms with Gasteiger partial charge in [0, 0.05) is 0 Å². The fourth-order valence-corrected chi connectivity index (χ4v) is 3.46. The fraction of sp³-hybridized carbons (Fsp3) is 0.160. The molecule has 3 heteroatoms. The van der Waals surface area contributed by atoms with Crippen LogP contribution in [0.2, 0.25) is 0 Å². The Kier molecular flexibility index (Phi) is 5.09. The molecule has 0 bridgehead atoms. The van der Waals surface area contributed by atoms with E-state index in [1.807, 2.05) is 92.7 Å². The number of aryl methyl sites for hydroxylation is 1. The largest absolute Gasteiger partial charge is 0.457 e. The van der Waals surface area contributed by atoms with Gasteiger partial charge in [-0.25, -0.2) is 0 Å². The van der Waals surface area contributed by atoms with Crippen molar-refractivity contribution in [2.45, 2.75) is 26.6 Å². The lowest BCUT2D eigenvalue weighted by atomic mass is 9.98. The first-order valence-electron chi connectivity index (χ1n) is 9.42. The second kappa shape index (κ2) is 7.83. The van der Waals surface area contributed by atoms with Gasteiger partial charge in [-0.05, 0) is 36.6 Å². The van der Waals surface area contributed by atoms with E-state index in [-0.39, 0.29) is 11.5 Å². The van der Waals surface area contributed by atoms with Crippen LogP contribution in [0, 0.1) is 6.92 Å². The number of rotatable bonds is 5. The molecule has 3 aromatic carbocycles. The normalized spacial score (nSPS) is 12.2. The molecule has 4 aromatic rings. The Bertz CT molecular complexity index is 1140. The molecular weight excluding hydrogens is 348 g/mol. The van der Waals surface area contributed by atoms with E-state index in [0.29, 0.717) is 28.9 Å². The van der Waals surface area contributed by atoms with Crippen LogP contribution in [0.5, 0.6) is 0 Å². The highest BCUT2D eigenvalue weighted by atomic mass is 16.5. The highest BCUT2D eigenvalue weighted by Crippen LogP contribution is 2.31. The summed E-state index contributed by atoms with van der Waals surface area (Å²) >= 11 is 0. The third-order valence-corrected chi connectivity index (χ3v) is 4.93. The van der Waals surface area contributed by atoms with Gasteiger partial charge in [0.25, 0.3) is 0 Å². The number of fused-ring (bicyclic) bond motifs is 1. The summed E-state index contributed by atoms with van der Waals surface area (Å²) in [7, 11) is 0. The number of ether oxygens (including phenoxy) is 1. The SMILES string of the molecule is Cc1cccc2oc([C@@H](C)OCc3ccccc3)c(-c3ccccc3)c(=O)c12. The predicted molar refractivity (Wildman–Crippen MR) is 112 cm³/mol. The molecule has 0 saturated heterocycles. The second-order valence-electron chi connectivity index (χ2n) is 6.92. The number of hydrogen-bond donors (Lipinski definition) is 0. The Morgan fingerprint density at radius 3 is 2.29 bits per heavy atom. The summed E-state index contributed by atoms with van der Waals surface area (Å²) in [6.07, 6.45) is -0.368. The molecule has 0 saturated carbocycles. The Hall–Kier alpha value is -3.17. The van der Waals surface area contributed by atoms with Crippen molar-refractivity contribution < 1.29 is 9.15 Å². The van der Waals surface area contributed by atoms with Crippen molar-refractivity contribution in [1.29, 1.82) is 0 Å². The smallest absolute Gasteiger partial charge is 0.201 e. The van der Waals surface area contributed by atoms with Crippen LogP contribution in [-0.4, -0.2) is 0 Å². The monoisotopic (exact) mass is 370 g/mol. The molecule has 0 unspecified atom stereocenters. The fourth-order valence-electron chi connectivity index (χ4n) is 3.46. The minimum absolute atomic E-state index is 0.0179. The van der Waals surface area contributed by atoms with Crippen LogP contribution in [-0.2, 0) is 11.3 Å². The minimum Gasteiger partial charge on any atom is -0.457 e. The Balaban J connectivity index is 1.83. The second-order valence-corrected chi connectivity index (χ2v) is 6.92. The molecule has 0 aliphatic rings. The summed E-state index contributed by atoms with van der Waals surface area (Å²) in [6.45, 7) is 4.31. The van der Waals surface area contributed by atoms with E-state index in [1.165, 1.54) is 0 Å². The molecule has 1 heterocycles. The first-order valence-corrected chi connectivity index (χ1v) is 9.42. The van der Waals surface area contributed by atoms with Gasteiger partial charge in [-0.2, -0.15) is 0 Å². The molecule has 0 N–H and O–H groups in total. The molecule has 3 nitrogen and oxygen atoms in total. The van der Waals surface area contributed by atoms with E-state index < -0.39 is 0 Å². The first kappa shape index (κ1) is 18.2. The Labute approximate surface area is 164 Å². The molecular formula is C25H22O3. The van der Waals surface area contributed by atoms with E-state index in [2.05, 4.69) is 0 Å². The maximum atomic E-state index is 13.4. The summed E-state index contributed by atoms with van der Waals surface area (Å²) in [5.41, 5.74) is 3.97. The zero-order chi connectivity index (χ0) is 19.5. The summed E-state index contributed by atoms with van der Waals surface area (Å²) in [5, 5.41) is 0.625. The molecule has 0 aliphatic heterocycles. The molecule has 1 aromatic heterocycles. The van der Waals surface area contributed by atoms with Crippen molar-refractivity contribution in [2.24, 2.45) is 0 Å². The standard InChI is InChI=1S/C25H22O3/c1-17-10-9-15-21-22(17)24(26)23(20-13-7-4-8-14-20)25(28-21)18(2)27-16-19-11-5-3-6-12-19/h3-15,18H,16H2,1-2H3/t18-/m1/s1. The van der Waals surface area contributed by atoms with Crippen molar-refractivity contribution in [2.75, 3.05) is 0 Å². The lowest BCUT2D eigenvalue weighted by Gasteiger charge is -2.17. The summed E-state index contributed by atoms with van der Waals surface area (Å²) < 4.78 is 12.3. The number of hydrogen-bond acceptors (Lipinski definition) is 3. The molecule has 0 spiro atoms. The van der Waals surface area contributed by atoms with Gasteiger partial charge in [0.15, 0.2) is 0 Å². The van der Waals surface area contributed by atoms with E-state index in [4.69, 9.17) is 9.15 Å². The zero-order valence-electron chi connectivity index (χ0n) is 16.0. The molecule has 0 aliphatic carbocycles. The maximum Gasteiger partial charge on any atom is 0.201 e. The van der Waals surface area contributed by atoms with Crippen LogP contribution < -0.4 is 5.43 Å². The average Bonchev–Trinajstić information content (AvgIpc) is 2.73. The van der Waals surface area contributed by atoms with Crippen molar-refractivity contribution in [1.82, 2.24) is 0 Å². The topological polar surface area (TPSA) is 39.4 Å². The molecule has 0 amide bonds. The van der Waals surface area contributed by atoms with Gasteiger partial charge in [-0.1, -0.05) is 72.8 Å². The lowest BCUT2D eigenvalue weighted by Crippen LogP contribution is -2.13. The summed E-state index contributed by atoms with van der Waals surface area (Å²) in [4.78, 5) is 13.4. The van der Waals surface area contributed by atoms with E-state index in [1.54, 1.807) is 0 Å². The Morgan fingerprint density at radius 2 is 1.57 bits per heavy atom. The van der Waals surface area contributed by atoms with Crippen LogP contribution in [0.15, 0.2) is 88.1 Å². The molecule has 1 atom stereocenters. The summed E-state index contributed by atoms with van der Waals surface area (Å²) in [6, 6.07) is 25.3. The van der Waals surface area contributed by atoms with Gasteiger partial charge in [-0.15, -0.1) is 0 Å². The third-order valence-electron chi connectivity index (χ3n) is 4.93. The van der Waals surface area contributed by atoms with Gasteiger partial charge >= 0.3 is 0 Å². The quantitative estimate of drug-likeness (QED) is 0.429. The van der Waals surface area contributed by atoms with Crippen LogP contribution in [0.4, 0.5) is 0 Å². The zero-order valence-corrected chi connectivity index (χ0v) is 16.0. The highest BCUT2D eigenvalue weighted by Gasteiger charge is 2.22. The molecule has 140 valence electrons. The number of benzene rings is 3. The molecule has 28 heavy (non-hydrogen) atoms. The molecule has 0 fully saturated rings. The van der Waals surface area contributed by atoms with Crippen LogP contribution in [0.1, 0.15) is 29.9 Å². The predicted octanol–water partition coefficient (Wildman–Crippen LogP) is 6.05. The first-order chi connectivity index (χ1) is 13.6. The minimum atomic E-state index is -0.368. The maximum absolute atomic E-state index is 13.4. The van der Waals surface area contributed by atoms with Gasteiger partial charge in [0.05, 0.1) is 17.6 Å². The van der Waals surface area contributed by atoms with Gasteiger partial charge < -0.3 is 9.15 Å². The summed E-state index contributed by atoms with van der Waals surface area (Å²) in [5.74, 6) is 0.560. The average molecular weight is 370 g/mol. The molecule has 4 rings (SSSR count). The van der Waals surface area contributed by atoms with Crippen molar-refractivity contribution in [3.63, 3.8) is 0 Å². The van der Waals surface area contributed by atoms with Gasteiger partial charge in [0.2, 0.25) is 5.43 Å². The van der Waals surface area contributed by atoms with Gasteiger partial charge in [-0.3, -0.25) is 4.79 Å². The van der Waals surface area contributed by atoms with E-state index in [9.17, 15) is 4.79 Å². The van der Waals surface area contributed by atoms with Crippen LogP contribution in [0.3, 0.4) is 0 Å². The lowest BCUT2D eigenvalue weighted by molar-refractivity contribution is 0.0389. The van der Waals surface area contributed by atoms with Crippen molar-refractivity contribution in [3.8, 4) is 11.1 Å². The Morgan fingerprint density at radius 1 is 0.893 bits per heavy atom. The van der Waals surface area contributed by atoms with Crippen LogP contribution >= 0.6 is 0 Å². The van der Waals surface area contributed by atoms with E-state index >= 15 is 0 Å². The molecule has 0 radical (unpaired) electrons.